The van der Waals surface area contributed by atoms with Crippen LogP contribution in [0.5, 0.6) is 0 Å². The molecule has 0 atom stereocenters. The third-order valence-electron chi connectivity index (χ3n) is 3.24. The van der Waals surface area contributed by atoms with Gasteiger partial charge in [-0.3, -0.25) is 14.5 Å². The molecule has 1 fully saturated rings. The maximum atomic E-state index is 12.2. The number of nitrogens with one attached hydrogen (secondary N) is 2. The zero-order chi connectivity index (χ0) is 14.1. The van der Waals surface area contributed by atoms with Gasteiger partial charge >= 0.3 is 0 Å². The first kappa shape index (κ1) is 15.9. The van der Waals surface area contributed by atoms with Crippen molar-refractivity contribution in [1.29, 1.82) is 0 Å². The Kier molecular flexibility index (Phi) is 7.43. The number of carbonyl (C=O) groups excluding carboxylic acids is 2. The molecular formula is C13H26N4O2. The minimum absolute atomic E-state index is 0.0428. The molecule has 0 aliphatic carbocycles. The van der Waals surface area contributed by atoms with Crippen molar-refractivity contribution in [2.24, 2.45) is 0 Å². The first-order valence-corrected chi connectivity index (χ1v) is 7.08. The monoisotopic (exact) mass is 270 g/mol. The minimum Gasteiger partial charge on any atom is -0.358 e. The van der Waals surface area contributed by atoms with Crippen molar-refractivity contribution in [3.05, 3.63) is 0 Å². The maximum Gasteiger partial charge on any atom is 0.236 e. The minimum atomic E-state index is -0.0428. The Labute approximate surface area is 115 Å². The second kappa shape index (κ2) is 8.87. The summed E-state index contributed by atoms with van der Waals surface area (Å²) in [7, 11) is 1.62. The molecule has 0 spiro atoms. The number of hydrogen-bond donors (Lipinski definition) is 2. The van der Waals surface area contributed by atoms with Crippen LogP contribution in [0.15, 0.2) is 0 Å². The van der Waals surface area contributed by atoms with E-state index in [1.165, 1.54) is 0 Å². The van der Waals surface area contributed by atoms with Gasteiger partial charge in [-0.25, -0.2) is 0 Å². The summed E-state index contributed by atoms with van der Waals surface area (Å²) in [4.78, 5) is 27.5. The van der Waals surface area contributed by atoms with Gasteiger partial charge in [0.2, 0.25) is 11.8 Å². The lowest BCUT2D eigenvalue weighted by molar-refractivity contribution is -0.133. The molecule has 0 bridgehead atoms. The Balaban J connectivity index is 2.46. The summed E-state index contributed by atoms with van der Waals surface area (Å²) in [6.07, 6.45) is 1.93. The smallest absolute Gasteiger partial charge is 0.236 e. The SMILES string of the molecule is CCCN(CC(=O)NC)CC(=O)N1CCCNCC1. The summed E-state index contributed by atoms with van der Waals surface area (Å²) < 4.78 is 0. The molecule has 1 aliphatic rings. The van der Waals surface area contributed by atoms with E-state index < -0.39 is 0 Å². The Morgan fingerprint density at radius 3 is 2.74 bits per heavy atom. The highest BCUT2D eigenvalue weighted by atomic mass is 16.2. The Morgan fingerprint density at radius 1 is 1.26 bits per heavy atom. The van der Waals surface area contributed by atoms with Gasteiger partial charge in [0.1, 0.15) is 0 Å². The maximum absolute atomic E-state index is 12.2. The Bertz CT molecular complexity index is 288. The van der Waals surface area contributed by atoms with E-state index in [9.17, 15) is 9.59 Å². The molecule has 0 aromatic rings. The molecule has 6 nitrogen and oxygen atoms in total. The third kappa shape index (κ3) is 6.02. The molecule has 0 unspecified atom stereocenters. The molecule has 1 aliphatic heterocycles. The van der Waals surface area contributed by atoms with Crippen LogP contribution in [0.2, 0.25) is 0 Å². The van der Waals surface area contributed by atoms with E-state index in [2.05, 4.69) is 17.6 Å². The van der Waals surface area contributed by atoms with Gasteiger partial charge in [-0.05, 0) is 25.9 Å². The van der Waals surface area contributed by atoms with Crippen molar-refractivity contribution in [3.8, 4) is 0 Å². The summed E-state index contributed by atoms with van der Waals surface area (Å²) >= 11 is 0. The van der Waals surface area contributed by atoms with E-state index in [4.69, 9.17) is 0 Å². The van der Waals surface area contributed by atoms with Crippen molar-refractivity contribution < 1.29 is 9.59 Å². The number of nitrogens with zero attached hydrogens (tertiary/aromatic N) is 2. The highest BCUT2D eigenvalue weighted by molar-refractivity contribution is 5.81. The number of likely N-dealkylation sites (N-methyl/N-ethyl adjacent to an activating group) is 1. The van der Waals surface area contributed by atoms with Gasteiger partial charge < -0.3 is 15.5 Å². The Morgan fingerprint density at radius 2 is 2.05 bits per heavy atom. The quantitative estimate of drug-likeness (QED) is 0.668. The second-order valence-electron chi connectivity index (χ2n) is 4.87. The van der Waals surface area contributed by atoms with Crippen molar-refractivity contribution in [2.75, 3.05) is 52.9 Å². The van der Waals surface area contributed by atoms with Crippen LogP contribution in [0.3, 0.4) is 0 Å². The van der Waals surface area contributed by atoms with Gasteiger partial charge in [0.05, 0.1) is 13.1 Å². The molecular weight excluding hydrogens is 244 g/mol. The number of rotatable bonds is 6. The first-order chi connectivity index (χ1) is 9.17. The lowest BCUT2D eigenvalue weighted by atomic mass is 10.3. The molecule has 1 saturated heterocycles. The average Bonchev–Trinajstić information content (AvgIpc) is 2.67. The zero-order valence-electron chi connectivity index (χ0n) is 12.1. The van der Waals surface area contributed by atoms with Crippen LogP contribution in [0.1, 0.15) is 19.8 Å². The fraction of sp³-hybridized carbons (Fsp3) is 0.846. The number of amides is 2. The molecule has 19 heavy (non-hydrogen) atoms. The van der Waals surface area contributed by atoms with E-state index in [1.807, 2.05) is 9.80 Å². The van der Waals surface area contributed by atoms with Crippen molar-refractivity contribution in [2.45, 2.75) is 19.8 Å². The average molecular weight is 270 g/mol. The van der Waals surface area contributed by atoms with Crippen LogP contribution in [0.25, 0.3) is 0 Å². The first-order valence-electron chi connectivity index (χ1n) is 7.08. The largest absolute Gasteiger partial charge is 0.358 e. The summed E-state index contributed by atoms with van der Waals surface area (Å²) in [5.41, 5.74) is 0. The van der Waals surface area contributed by atoms with Crippen molar-refractivity contribution in [1.82, 2.24) is 20.4 Å². The fourth-order valence-corrected chi connectivity index (χ4v) is 2.20. The van der Waals surface area contributed by atoms with E-state index in [0.717, 1.165) is 45.6 Å². The summed E-state index contributed by atoms with van der Waals surface area (Å²) in [5.74, 6) is 0.0832. The molecule has 2 amide bonds. The van der Waals surface area contributed by atoms with Gasteiger partial charge in [-0.1, -0.05) is 6.92 Å². The molecule has 1 rings (SSSR count). The molecule has 110 valence electrons. The molecule has 0 aromatic heterocycles. The summed E-state index contributed by atoms with van der Waals surface area (Å²) in [6.45, 7) is 6.85. The van der Waals surface area contributed by atoms with Gasteiger partial charge in [0, 0.05) is 26.7 Å². The van der Waals surface area contributed by atoms with E-state index in [0.29, 0.717) is 13.1 Å². The lowest BCUT2D eigenvalue weighted by Gasteiger charge is -2.25. The van der Waals surface area contributed by atoms with E-state index in [1.54, 1.807) is 7.05 Å². The number of carbonyl (C=O) groups is 2. The summed E-state index contributed by atoms with van der Waals surface area (Å²) in [5, 5.41) is 5.88. The number of hydrogen-bond acceptors (Lipinski definition) is 4. The molecule has 2 N–H and O–H groups in total. The standard InChI is InChI=1S/C13H26N4O2/c1-3-7-16(10-12(18)14-2)11-13(19)17-8-4-5-15-6-9-17/h15H,3-11H2,1-2H3,(H,14,18). The molecule has 6 heteroatoms. The molecule has 0 radical (unpaired) electrons. The molecule has 1 heterocycles. The van der Waals surface area contributed by atoms with Crippen molar-refractivity contribution >= 4 is 11.8 Å². The normalized spacial score (nSPS) is 16.3. The highest BCUT2D eigenvalue weighted by Crippen LogP contribution is 1.99. The van der Waals surface area contributed by atoms with Crippen LogP contribution in [-0.2, 0) is 9.59 Å². The van der Waals surface area contributed by atoms with Crippen LogP contribution < -0.4 is 10.6 Å². The van der Waals surface area contributed by atoms with Crippen LogP contribution in [0, 0.1) is 0 Å². The van der Waals surface area contributed by atoms with Gasteiger partial charge in [-0.2, -0.15) is 0 Å². The van der Waals surface area contributed by atoms with E-state index >= 15 is 0 Å². The topological polar surface area (TPSA) is 64.7 Å². The Hall–Kier alpha value is -1.14. The highest BCUT2D eigenvalue weighted by Gasteiger charge is 2.19. The summed E-state index contributed by atoms with van der Waals surface area (Å²) in [6, 6.07) is 0. The van der Waals surface area contributed by atoms with Gasteiger partial charge in [0.15, 0.2) is 0 Å². The third-order valence-corrected chi connectivity index (χ3v) is 3.24. The molecule has 0 saturated carbocycles. The predicted octanol–water partition coefficient (Wildman–Crippen LogP) is -0.734. The fourth-order valence-electron chi connectivity index (χ4n) is 2.20. The molecule has 0 aromatic carbocycles. The van der Waals surface area contributed by atoms with Crippen LogP contribution in [0.4, 0.5) is 0 Å². The van der Waals surface area contributed by atoms with Gasteiger partial charge in [-0.15, -0.1) is 0 Å². The predicted molar refractivity (Wildman–Crippen MR) is 74.9 cm³/mol. The van der Waals surface area contributed by atoms with Gasteiger partial charge in [0.25, 0.3) is 0 Å². The second-order valence-corrected chi connectivity index (χ2v) is 4.87. The lowest BCUT2D eigenvalue weighted by Crippen LogP contribution is -2.45. The van der Waals surface area contributed by atoms with Crippen LogP contribution >= 0.6 is 0 Å². The van der Waals surface area contributed by atoms with E-state index in [-0.39, 0.29) is 11.8 Å². The zero-order valence-corrected chi connectivity index (χ0v) is 12.1. The van der Waals surface area contributed by atoms with Crippen molar-refractivity contribution in [3.63, 3.8) is 0 Å². The van der Waals surface area contributed by atoms with Crippen LogP contribution in [-0.4, -0.2) is 74.5 Å².